The molecule has 2 aromatic rings. The highest BCUT2D eigenvalue weighted by molar-refractivity contribution is 5.87. The summed E-state index contributed by atoms with van der Waals surface area (Å²) in [6, 6.07) is 10.9. The lowest BCUT2D eigenvalue weighted by molar-refractivity contribution is 0.0695. The molecule has 0 amide bonds. The summed E-state index contributed by atoms with van der Waals surface area (Å²) >= 11 is 0. The second-order valence-corrected chi connectivity index (χ2v) is 3.72. The number of carboxylic acids is 1. The van der Waals surface area contributed by atoms with Gasteiger partial charge < -0.3 is 10.1 Å². The summed E-state index contributed by atoms with van der Waals surface area (Å²) in [6.45, 7) is 0. The van der Waals surface area contributed by atoms with E-state index in [9.17, 15) is 9.59 Å². The molecule has 1 heterocycles. The lowest BCUT2D eigenvalue weighted by atomic mass is 10.2. The Balaban J connectivity index is 2.26. The number of benzene rings is 1. The van der Waals surface area contributed by atoms with Crippen LogP contribution in [0.3, 0.4) is 0 Å². The number of aromatic amines is 1. The maximum Gasteiger partial charge on any atom is 0.341 e. The lowest BCUT2D eigenvalue weighted by Crippen LogP contribution is -2.14. The summed E-state index contributed by atoms with van der Waals surface area (Å²) in [6.07, 6.45) is 4.77. The quantitative estimate of drug-likeness (QED) is 0.865. The maximum absolute atomic E-state index is 11.5. The van der Waals surface area contributed by atoms with Gasteiger partial charge in [0.05, 0.1) is 0 Å². The van der Waals surface area contributed by atoms with Crippen molar-refractivity contribution in [1.82, 2.24) is 4.98 Å². The van der Waals surface area contributed by atoms with Gasteiger partial charge in [0, 0.05) is 18.0 Å². The monoisotopic (exact) mass is 241 g/mol. The fourth-order valence-corrected chi connectivity index (χ4v) is 1.50. The molecule has 4 heteroatoms. The first-order chi connectivity index (χ1) is 8.66. The van der Waals surface area contributed by atoms with Crippen molar-refractivity contribution in [2.24, 2.45) is 0 Å². The van der Waals surface area contributed by atoms with Gasteiger partial charge in [-0.3, -0.25) is 4.79 Å². The van der Waals surface area contributed by atoms with Crippen LogP contribution in [0.25, 0.3) is 12.2 Å². The molecule has 0 saturated heterocycles. The molecule has 0 aliphatic carbocycles. The number of rotatable bonds is 3. The molecule has 1 aromatic heterocycles. The molecule has 0 saturated carbocycles. The summed E-state index contributed by atoms with van der Waals surface area (Å²) in [5.41, 5.74) is 0.801. The minimum atomic E-state index is -1.23. The van der Waals surface area contributed by atoms with Crippen molar-refractivity contribution in [2.45, 2.75) is 0 Å². The molecule has 1 aromatic carbocycles. The van der Waals surface area contributed by atoms with Crippen molar-refractivity contribution in [1.29, 1.82) is 0 Å². The van der Waals surface area contributed by atoms with Crippen LogP contribution in [0, 0.1) is 0 Å². The molecule has 2 N–H and O–H groups in total. The zero-order valence-electron chi connectivity index (χ0n) is 9.46. The molecule has 0 spiro atoms. The van der Waals surface area contributed by atoms with Crippen molar-refractivity contribution in [3.05, 3.63) is 69.6 Å². The molecular weight excluding hydrogens is 230 g/mol. The molecule has 0 fully saturated rings. The standard InChI is InChI=1S/C14H11NO3/c16-13-8-11(15-9-12(13)14(17)18)7-6-10-4-2-1-3-5-10/h1-9H,(H,15,16)(H,17,18). The second-order valence-electron chi connectivity index (χ2n) is 3.72. The third kappa shape index (κ3) is 2.74. The molecule has 0 unspecified atom stereocenters. The highest BCUT2D eigenvalue weighted by atomic mass is 16.4. The number of carboxylic acid groups (broad SMARTS) is 1. The molecule has 0 aliphatic heterocycles. The topological polar surface area (TPSA) is 70.2 Å². The average Bonchev–Trinajstić information content (AvgIpc) is 2.37. The molecule has 0 atom stereocenters. The summed E-state index contributed by atoms with van der Waals surface area (Å²) in [7, 11) is 0. The Labute approximate surface area is 103 Å². The molecule has 0 aliphatic rings. The van der Waals surface area contributed by atoms with E-state index in [1.165, 1.54) is 12.3 Å². The van der Waals surface area contributed by atoms with Crippen LogP contribution in [0.5, 0.6) is 0 Å². The minimum Gasteiger partial charge on any atom is -0.477 e. The average molecular weight is 241 g/mol. The lowest BCUT2D eigenvalue weighted by Gasteiger charge is -1.96. The number of nitrogens with one attached hydrogen (secondary N) is 1. The second kappa shape index (κ2) is 5.14. The number of pyridine rings is 1. The Kier molecular flexibility index (Phi) is 3.38. The fraction of sp³-hybridized carbons (Fsp3) is 0. The van der Waals surface area contributed by atoms with Crippen molar-refractivity contribution < 1.29 is 9.90 Å². The van der Waals surface area contributed by atoms with Gasteiger partial charge in [-0.15, -0.1) is 0 Å². The summed E-state index contributed by atoms with van der Waals surface area (Å²) in [4.78, 5) is 24.9. The number of H-pyrrole nitrogens is 1. The Morgan fingerprint density at radius 2 is 1.89 bits per heavy atom. The van der Waals surface area contributed by atoms with Crippen LogP contribution in [-0.2, 0) is 0 Å². The summed E-state index contributed by atoms with van der Waals surface area (Å²) in [5.74, 6) is -1.23. The zero-order valence-corrected chi connectivity index (χ0v) is 9.46. The van der Waals surface area contributed by atoms with Crippen LogP contribution < -0.4 is 5.43 Å². The first-order valence-corrected chi connectivity index (χ1v) is 5.36. The van der Waals surface area contributed by atoms with Gasteiger partial charge in [-0.2, -0.15) is 0 Å². The van der Waals surface area contributed by atoms with Gasteiger partial charge >= 0.3 is 5.97 Å². The molecular formula is C14H11NO3. The van der Waals surface area contributed by atoms with Gasteiger partial charge in [-0.25, -0.2) is 4.79 Å². The third-order valence-electron chi connectivity index (χ3n) is 2.42. The number of hydrogen-bond donors (Lipinski definition) is 2. The van der Waals surface area contributed by atoms with E-state index in [2.05, 4.69) is 4.98 Å². The number of aromatic carboxylic acids is 1. The van der Waals surface area contributed by atoms with E-state index >= 15 is 0 Å². The van der Waals surface area contributed by atoms with Crippen molar-refractivity contribution in [3.8, 4) is 0 Å². The summed E-state index contributed by atoms with van der Waals surface area (Å²) < 4.78 is 0. The molecule has 0 radical (unpaired) electrons. The van der Waals surface area contributed by atoms with Crippen LogP contribution in [-0.4, -0.2) is 16.1 Å². The van der Waals surface area contributed by atoms with Gasteiger partial charge in [-0.1, -0.05) is 36.4 Å². The van der Waals surface area contributed by atoms with Crippen LogP contribution in [0.1, 0.15) is 21.6 Å². The Morgan fingerprint density at radius 1 is 1.17 bits per heavy atom. The fourth-order valence-electron chi connectivity index (χ4n) is 1.50. The maximum atomic E-state index is 11.5. The first-order valence-electron chi connectivity index (χ1n) is 5.36. The van der Waals surface area contributed by atoms with E-state index in [0.29, 0.717) is 5.69 Å². The van der Waals surface area contributed by atoms with Crippen molar-refractivity contribution in [2.75, 3.05) is 0 Å². The number of carbonyl (C=O) groups is 1. The summed E-state index contributed by atoms with van der Waals surface area (Å²) in [5, 5.41) is 8.73. The molecule has 18 heavy (non-hydrogen) atoms. The first kappa shape index (κ1) is 11.9. The highest BCUT2D eigenvalue weighted by Gasteiger charge is 2.07. The third-order valence-corrected chi connectivity index (χ3v) is 2.42. The van der Waals surface area contributed by atoms with Gasteiger partial charge in [0.15, 0.2) is 5.43 Å². The highest BCUT2D eigenvalue weighted by Crippen LogP contribution is 2.05. The predicted octanol–water partition coefficient (Wildman–Crippen LogP) is 2.24. The molecule has 0 bridgehead atoms. The Bertz CT molecular complexity index is 642. The SMILES string of the molecule is O=C(O)c1c[nH]c(C=Cc2ccccc2)cc1=O. The van der Waals surface area contributed by atoms with Crippen LogP contribution in [0.2, 0.25) is 0 Å². The van der Waals surface area contributed by atoms with E-state index in [-0.39, 0.29) is 5.56 Å². The number of hydrogen-bond acceptors (Lipinski definition) is 2. The largest absolute Gasteiger partial charge is 0.477 e. The van der Waals surface area contributed by atoms with Crippen LogP contribution in [0.15, 0.2) is 47.4 Å². The predicted molar refractivity (Wildman–Crippen MR) is 69.4 cm³/mol. The van der Waals surface area contributed by atoms with Crippen LogP contribution in [0.4, 0.5) is 0 Å². The molecule has 4 nitrogen and oxygen atoms in total. The number of aromatic nitrogens is 1. The van der Waals surface area contributed by atoms with E-state index in [4.69, 9.17) is 5.11 Å². The van der Waals surface area contributed by atoms with E-state index in [1.54, 1.807) is 6.08 Å². The van der Waals surface area contributed by atoms with Gasteiger partial charge in [-0.05, 0) is 11.6 Å². The van der Waals surface area contributed by atoms with E-state index < -0.39 is 11.4 Å². The molecule has 2 rings (SSSR count). The smallest absolute Gasteiger partial charge is 0.341 e. The van der Waals surface area contributed by atoms with E-state index in [0.717, 1.165) is 5.56 Å². The zero-order chi connectivity index (χ0) is 13.0. The Hall–Kier alpha value is -2.62. The van der Waals surface area contributed by atoms with Crippen LogP contribution >= 0.6 is 0 Å². The molecule has 90 valence electrons. The van der Waals surface area contributed by atoms with Gasteiger partial charge in [0.1, 0.15) is 5.56 Å². The van der Waals surface area contributed by atoms with E-state index in [1.807, 2.05) is 36.4 Å². The normalized spacial score (nSPS) is 10.7. The van der Waals surface area contributed by atoms with Crippen molar-refractivity contribution >= 4 is 18.1 Å². The minimum absolute atomic E-state index is 0.258. The van der Waals surface area contributed by atoms with Gasteiger partial charge in [0.25, 0.3) is 0 Å². The van der Waals surface area contributed by atoms with Gasteiger partial charge in [0.2, 0.25) is 0 Å². The Morgan fingerprint density at radius 3 is 2.50 bits per heavy atom. The van der Waals surface area contributed by atoms with Crippen molar-refractivity contribution in [3.63, 3.8) is 0 Å².